The molecule has 0 aromatic heterocycles. The fourth-order valence-corrected chi connectivity index (χ4v) is 1.27. The molecule has 0 fully saturated rings. The third-order valence-corrected chi connectivity index (χ3v) is 2.10. The summed E-state index contributed by atoms with van der Waals surface area (Å²) in [6.45, 7) is 3.55. The Bertz CT molecular complexity index is 299. The van der Waals surface area contributed by atoms with Crippen LogP contribution in [0.25, 0.3) is 0 Å². The summed E-state index contributed by atoms with van der Waals surface area (Å²) in [5.41, 5.74) is 6.34. The Hall–Kier alpha value is -0.800. The quantitative estimate of drug-likeness (QED) is 0.763. The van der Waals surface area contributed by atoms with Crippen LogP contribution >= 0.6 is 15.9 Å². The van der Waals surface area contributed by atoms with Gasteiger partial charge in [0.15, 0.2) is 0 Å². The van der Waals surface area contributed by atoms with Crippen LogP contribution in [0, 0.1) is 0 Å². The lowest BCUT2D eigenvalue weighted by atomic mass is 10.1. The molecule has 3 heteroatoms. The van der Waals surface area contributed by atoms with Gasteiger partial charge in [-0.15, -0.1) is 6.58 Å². The van der Waals surface area contributed by atoms with E-state index in [0.717, 1.165) is 4.47 Å². The van der Waals surface area contributed by atoms with E-state index in [-0.39, 0.29) is 11.8 Å². The number of halogens is 1. The predicted octanol–water partition coefficient (Wildman–Crippen LogP) is 2.34. The van der Waals surface area contributed by atoms with Crippen LogP contribution in [-0.4, -0.2) is 5.11 Å². The maximum absolute atomic E-state index is 9.44. The number of nitrogens with two attached hydrogens (primary N) is 1. The van der Waals surface area contributed by atoms with Crippen molar-refractivity contribution in [1.82, 2.24) is 0 Å². The number of rotatable bonds is 2. The maximum Gasteiger partial charge on any atom is 0.121 e. The summed E-state index contributed by atoms with van der Waals surface area (Å²) in [4.78, 5) is 0. The highest BCUT2D eigenvalue weighted by atomic mass is 79.9. The lowest BCUT2D eigenvalue weighted by Crippen LogP contribution is -2.06. The summed E-state index contributed by atoms with van der Waals surface area (Å²) in [6.07, 6.45) is 1.59. The summed E-state index contributed by atoms with van der Waals surface area (Å²) in [5.74, 6) is 0.191. The van der Waals surface area contributed by atoms with E-state index in [4.69, 9.17) is 5.73 Å². The zero-order valence-electron chi connectivity index (χ0n) is 6.50. The van der Waals surface area contributed by atoms with E-state index in [2.05, 4.69) is 22.5 Å². The van der Waals surface area contributed by atoms with E-state index in [0.29, 0.717) is 5.56 Å². The van der Waals surface area contributed by atoms with Crippen LogP contribution in [0.4, 0.5) is 0 Å². The fraction of sp³-hybridized carbons (Fsp3) is 0.111. The van der Waals surface area contributed by atoms with Gasteiger partial charge in [0.2, 0.25) is 0 Å². The van der Waals surface area contributed by atoms with Gasteiger partial charge in [0.25, 0.3) is 0 Å². The predicted molar refractivity (Wildman–Crippen MR) is 52.9 cm³/mol. The first kappa shape index (κ1) is 9.29. The Morgan fingerprint density at radius 1 is 1.58 bits per heavy atom. The maximum atomic E-state index is 9.44. The lowest BCUT2D eigenvalue weighted by molar-refractivity contribution is 0.465. The molecule has 0 saturated carbocycles. The van der Waals surface area contributed by atoms with Crippen molar-refractivity contribution < 1.29 is 5.11 Å². The molecule has 0 bridgehead atoms. The Kier molecular flexibility index (Phi) is 2.89. The smallest absolute Gasteiger partial charge is 0.121 e. The van der Waals surface area contributed by atoms with E-state index in [1.54, 1.807) is 18.2 Å². The van der Waals surface area contributed by atoms with E-state index in [9.17, 15) is 5.11 Å². The molecule has 12 heavy (non-hydrogen) atoms. The van der Waals surface area contributed by atoms with Crippen molar-refractivity contribution in [3.63, 3.8) is 0 Å². The molecule has 1 aromatic carbocycles. The SMILES string of the molecule is C=C[C@H](N)c1ccc(Br)cc1O. The van der Waals surface area contributed by atoms with Gasteiger partial charge >= 0.3 is 0 Å². The van der Waals surface area contributed by atoms with Crippen molar-refractivity contribution in [2.75, 3.05) is 0 Å². The standard InChI is InChI=1S/C9H10BrNO/c1-2-8(11)7-4-3-6(10)5-9(7)12/h2-5,8,12H,1,11H2/t8-/m0/s1. The molecule has 0 saturated heterocycles. The number of phenolic OH excluding ortho intramolecular Hbond substituents is 1. The van der Waals surface area contributed by atoms with Crippen LogP contribution in [0.1, 0.15) is 11.6 Å². The second-order valence-corrected chi connectivity index (χ2v) is 3.38. The van der Waals surface area contributed by atoms with Crippen LogP contribution < -0.4 is 5.73 Å². The fourth-order valence-electron chi connectivity index (χ4n) is 0.926. The third kappa shape index (κ3) is 1.87. The van der Waals surface area contributed by atoms with Crippen molar-refractivity contribution >= 4 is 15.9 Å². The Labute approximate surface area is 79.8 Å². The van der Waals surface area contributed by atoms with Crippen molar-refractivity contribution in [3.8, 4) is 5.75 Å². The molecule has 0 radical (unpaired) electrons. The molecule has 0 aliphatic carbocycles. The van der Waals surface area contributed by atoms with Crippen LogP contribution in [0.2, 0.25) is 0 Å². The average Bonchev–Trinajstić information content (AvgIpc) is 2.03. The van der Waals surface area contributed by atoms with E-state index in [1.165, 1.54) is 0 Å². The van der Waals surface area contributed by atoms with Gasteiger partial charge in [-0.2, -0.15) is 0 Å². The van der Waals surface area contributed by atoms with Crippen molar-refractivity contribution in [2.45, 2.75) is 6.04 Å². The first-order valence-electron chi connectivity index (χ1n) is 3.51. The highest BCUT2D eigenvalue weighted by Crippen LogP contribution is 2.26. The molecule has 0 aliphatic heterocycles. The second kappa shape index (κ2) is 3.74. The van der Waals surface area contributed by atoms with Crippen LogP contribution in [-0.2, 0) is 0 Å². The minimum Gasteiger partial charge on any atom is -0.508 e. The van der Waals surface area contributed by atoms with Crippen molar-refractivity contribution in [3.05, 3.63) is 40.9 Å². The zero-order chi connectivity index (χ0) is 9.14. The van der Waals surface area contributed by atoms with Crippen molar-refractivity contribution in [1.29, 1.82) is 0 Å². The molecule has 1 rings (SSSR count). The van der Waals surface area contributed by atoms with Crippen LogP contribution in [0.3, 0.4) is 0 Å². The summed E-state index contributed by atoms with van der Waals surface area (Å²) >= 11 is 3.24. The molecular weight excluding hydrogens is 218 g/mol. The Morgan fingerprint density at radius 2 is 2.25 bits per heavy atom. The molecule has 1 atom stereocenters. The van der Waals surface area contributed by atoms with Gasteiger partial charge in [-0.05, 0) is 12.1 Å². The average molecular weight is 228 g/mol. The minimum atomic E-state index is -0.307. The van der Waals surface area contributed by atoms with E-state index >= 15 is 0 Å². The summed E-state index contributed by atoms with van der Waals surface area (Å²) in [5, 5.41) is 9.44. The van der Waals surface area contributed by atoms with Crippen LogP contribution in [0.15, 0.2) is 35.3 Å². The molecular formula is C9H10BrNO. The number of hydrogen-bond acceptors (Lipinski definition) is 2. The number of phenols is 1. The molecule has 2 nitrogen and oxygen atoms in total. The molecule has 0 aliphatic rings. The third-order valence-electron chi connectivity index (χ3n) is 1.61. The molecule has 0 unspecified atom stereocenters. The number of aromatic hydroxyl groups is 1. The topological polar surface area (TPSA) is 46.2 Å². The highest BCUT2D eigenvalue weighted by molar-refractivity contribution is 9.10. The molecule has 0 spiro atoms. The van der Waals surface area contributed by atoms with Gasteiger partial charge in [-0.1, -0.05) is 28.1 Å². The summed E-state index contributed by atoms with van der Waals surface area (Å²) in [7, 11) is 0. The molecule has 64 valence electrons. The van der Waals surface area contributed by atoms with E-state index < -0.39 is 0 Å². The normalized spacial score (nSPS) is 12.5. The Balaban J connectivity index is 3.09. The van der Waals surface area contributed by atoms with E-state index in [1.807, 2.05) is 6.07 Å². The van der Waals surface area contributed by atoms with Gasteiger partial charge in [-0.3, -0.25) is 0 Å². The van der Waals surface area contributed by atoms with Crippen LogP contribution in [0.5, 0.6) is 5.75 Å². The Morgan fingerprint density at radius 3 is 2.75 bits per heavy atom. The largest absolute Gasteiger partial charge is 0.508 e. The van der Waals surface area contributed by atoms with Gasteiger partial charge in [0.05, 0.1) is 6.04 Å². The zero-order valence-corrected chi connectivity index (χ0v) is 8.08. The first-order valence-corrected chi connectivity index (χ1v) is 4.31. The number of benzene rings is 1. The van der Waals surface area contributed by atoms with Gasteiger partial charge in [0, 0.05) is 10.0 Å². The molecule has 1 aromatic rings. The monoisotopic (exact) mass is 227 g/mol. The van der Waals surface area contributed by atoms with Gasteiger partial charge in [0.1, 0.15) is 5.75 Å². The molecule has 3 N–H and O–H groups in total. The van der Waals surface area contributed by atoms with Crippen molar-refractivity contribution in [2.24, 2.45) is 5.73 Å². The molecule has 0 amide bonds. The number of hydrogen-bond donors (Lipinski definition) is 2. The molecule has 0 heterocycles. The second-order valence-electron chi connectivity index (χ2n) is 2.46. The lowest BCUT2D eigenvalue weighted by Gasteiger charge is -2.08. The minimum absolute atomic E-state index is 0.191. The van der Waals surface area contributed by atoms with Gasteiger partial charge in [-0.25, -0.2) is 0 Å². The summed E-state index contributed by atoms with van der Waals surface area (Å²) in [6, 6.07) is 4.90. The first-order chi connectivity index (χ1) is 5.65. The highest BCUT2D eigenvalue weighted by Gasteiger charge is 2.06. The van der Waals surface area contributed by atoms with Gasteiger partial charge < -0.3 is 10.8 Å². The summed E-state index contributed by atoms with van der Waals surface area (Å²) < 4.78 is 0.833.